The molecule has 0 spiro atoms. The van der Waals surface area contributed by atoms with E-state index in [0.29, 0.717) is 0 Å². The van der Waals surface area contributed by atoms with Crippen LogP contribution in [0, 0.1) is 0 Å². The molecule has 1 saturated heterocycles. The van der Waals surface area contributed by atoms with Crippen molar-refractivity contribution in [2.75, 3.05) is 11.9 Å². The minimum atomic E-state index is -1.06. The van der Waals surface area contributed by atoms with E-state index in [2.05, 4.69) is 10.6 Å². The molecule has 1 atom stereocenters. The van der Waals surface area contributed by atoms with Crippen LogP contribution in [0.25, 0.3) is 0 Å². The molecular weight excluding hydrogens is 330 g/mol. The average Bonchev–Trinajstić information content (AvgIpc) is 2.81. The van der Waals surface area contributed by atoms with Crippen LogP contribution >= 0.6 is 0 Å². The number of benzene rings is 1. The number of fused-ring (bicyclic) bond motifs is 1. The van der Waals surface area contributed by atoms with Crippen LogP contribution in [0.2, 0.25) is 0 Å². The minimum absolute atomic E-state index is 0.00323. The van der Waals surface area contributed by atoms with Crippen molar-refractivity contribution >= 4 is 35.2 Å². The normalized spacial score (nSPS) is 19.7. The van der Waals surface area contributed by atoms with E-state index >= 15 is 0 Å². The highest BCUT2D eigenvalue weighted by molar-refractivity contribution is 6.26. The molecular formula is C16H15N3O6. The van der Waals surface area contributed by atoms with Crippen LogP contribution in [0.1, 0.15) is 40.0 Å². The average molecular weight is 345 g/mol. The Morgan fingerprint density at radius 3 is 2.68 bits per heavy atom. The molecule has 5 amide bonds. The van der Waals surface area contributed by atoms with E-state index in [-0.39, 0.29) is 42.7 Å². The summed E-state index contributed by atoms with van der Waals surface area (Å²) in [5.41, 5.74) is 0.226. The number of rotatable bonds is 4. The van der Waals surface area contributed by atoms with Crippen molar-refractivity contribution < 1.29 is 29.1 Å². The number of aliphatic hydroxyl groups is 1. The Bertz CT molecular complexity index is 803. The third-order valence-electron chi connectivity index (χ3n) is 4.08. The summed E-state index contributed by atoms with van der Waals surface area (Å²) < 4.78 is 0. The van der Waals surface area contributed by atoms with Gasteiger partial charge in [-0.1, -0.05) is 6.07 Å². The topological polar surface area (TPSA) is 133 Å². The van der Waals surface area contributed by atoms with Crippen LogP contribution in [-0.2, 0) is 14.4 Å². The van der Waals surface area contributed by atoms with Gasteiger partial charge in [0.25, 0.3) is 11.8 Å². The molecule has 2 heterocycles. The van der Waals surface area contributed by atoms with Gasteiger partial charge < -0.3 is 10.4 Å². The molecule has 1 unspecified atom stereocenters. The summed E-state index contributed by atoms with van der Waals surface area (Å²) >= 11 is 0. The smallest absolute Gasteiger partial charge is 0.264 e. The van der Waals surface area contributed by atoms with E-state index < -0.39 is 35.6 Å². The summed E-state index contributed by atoms with van der Waals surface area (Å²) in [6.07, 6.45) is -0.0606. The van der Waals surface area contributed by atoms with Crippen LogP contribution in [-0.4, -0.2) is 52.2 Å². The van der Waals surface area contributed by atoms with Gasteiger partial charge in [0.2, 0.25) is 17.7 Å². The van der Waals surface area contributed by atoms with E-state index in [1.165, 1.54) is 18.2 Å². The molecule has 2 aliphatic heterocycles. The maximum atomic E-state index is 12.7. The molecule has 0 radical (unpaired) electrons. The fourth-order valence-corrected chi connectivity index (χ4v) is 2.93. The number of carbonyl (C=O) groups is 5. The van der Waals surface area contributed by atoms with Gasteiger partial charge in [-0.3, -0.25) is 34.2 Å². The number of hydrogen-bond donors (Lipinski definition) is 3. The Labute approximate surface area is 142 Å². The van der Waals surface area contributed by atoms with Gasteiger partial charge in [-0.15, -0.1) is 0 Å². The van der Waals surface area contributed by atoms with Crippen molar-refractivity contribution in [2.24, 2.45) is 0 Å². The molecule has 2 aliphatic rings. The number of anilines is 1. The molecule has 9 nitrogen and oxygen atoms in total. The Morgan fingerprint density at radius 2 is 2.00 bits per heavy atom. The molecule has 130 valence electrons. The lowest BCUT2D eigenvalue weighted by Gasteiger charge is -2.27. The first kappa shape index (κ1) is 16.8. The second-order valence-corrected chi connectivity index (χ2v) is 5.70. The zero-order valence-electron chi connectivity index (χ0n) is 13.1. The predicted octanol–water partition coefficient (Wildman–Crippen LogP) is -0.591. The van der Waals surface area contributed by atoms with Crippen LogP contribution < -0.4 is 10.6 Å². The quantitative estimate of drug-likeness (QED) is 0.625. The van der Waals surface area contributed by atoms with Crippen LogP contribution in [0.15, 0.2) is 18.2 Å². The van der Waals surface area contributed by atoms with E-state index in [9.17, 15) is 24.0 Å². The standard InChI is InChI=1S/C16H15N3O6/c20-7-6-12(22)17-9-3-1-2-8-13(9)16(25)19(15(8)24)10-4-5-11(21)18-14(10)23/h1-3,10,20H,4-7H2,(H,17,22)(H,18,21,23). The van der Waals surface area contributed by atoms with E-state index in [0.717, 1.165) is 4.90 Å². The first-order chi connectivity index (χ1) is 11.9. The molecule has 0 aliphatic carbocycles. The highest BCUT2D eigenvalue weighted by Crippen LogP contribution is 2.32. The summed E-state index contributed by atoms with van der Waals surface area (Å²) in [4.78, 5) is 61.1. The van der Waals surface area contributed by atoms with Gasteiger partial charge in [-0.25, -0.2) is 0 Å². The molecule has 1 aromatic carbocycles. The first-order valence-electron chi connectivity index (χ1n) is 7.69. The third kappa shape index (κ3) is 2.89. The van der Waals surface area contributed by atoms with Crippen LogP contribution in [0.5, 0.6) is 0 Å². The van der Waals surface area contributed by atoms with Crippen molar-refractivity contribution in [1.82, 2.24) is 10.2 Å². The zero-order valence-corrected chi connectivity index (χ0v) is 13.1. The maximum Gasteiger partial charge on any atom is 0.264 e. The first-order valence-corrected chi connectivity index (χ1v) is 7.69. The van der Waals surface area contributed by atoms with Gasteiger partial charge in [0.1, 0.15) is 6.04 Å². The van der Waals surface area contributed by atoms with Gasteiger partial charge in [0.15, 0.2) is 0 Å². The van der Waals surface area contributed by atoms with E-state index in [1.54, 1.807) is 0 Å². The number of aliphatic hydroxyl groups excluding tert-OH is 1. The van der Waals surface area contributed by atoms with E-state index in [1.807, 2.05) is 0 Å². The number of nitrogens with zero attached hydrogens (tertiary/aromatic N) is 1. The van der Waals surface area contributed by atoms with Crippen molar-refractivity contribution in [3.8, 4) is 0 Å². The summed E-state index contributed by atoms with van der Waals surface area (Å²) in [6, 6.07) is 3.34. The lowest BCUT2D eigenvalue weighted by Crippen LogP contribution is -2.54. The van der Waals surface area contributed by atoms with Gasteiger partial charge in [0.05, 0.1) is 29.8 Å². The lowest BCUT2D eigenvalue weighted by atomic mass is 10.0. The molecule has 1 fully saturated rings. The maximum absolute atomic E-state index is 12.7. The zero-order chi connectivity index (χ0) is 18.1. The molecule has 0 saturated carbocycles. The fraction of sp³-hybridized carbons (Fsp3) is 0.312. The highest BCUT2D eigenvalue weighted by atomic mass is 16.3. The SMILES string of the molecule is O=C1CCC(N2C(=O)c3cccc(NC(=O)CCO)c3C2=O)C(=O)N1. The number of amides is 5. The second-order valence-electron chi connectivity index (χ2n) is 5.70. The minimum Gasteiger partial charge on any atom is -0.396 e. The third-order valence-corrected chi connectivity index (χ3v) is 4.08. The number of piperidine rings is 1. The van der Waals surface area contributed by atoms with Crippen molar-refractivity contribution in [3.05, 3.63) is 29.3 Å². The number of imide groups is 2. The molecule has 1 aromatic rings. The fourth-order valence-electron chi connectivity index (χ4n) is 2.93. The molecule has 3 rings (SSSR count). The monoisotopic (exact) mass is 345 g/mol. The lowest BCUT2D eigenvalue weighted by molar-refractivity contribution is -0.136. The highest BCUT2D eigenvalue weighted by Gasteiger charge is 2.45. The summed E-state index contributed by atoms with van der Waals surface area (Å²) in [5, 5.41) is 13.4. The van der Waals surface area contributed by atoms with E-state index in [4.69, 9.17) is 5.11 Å². The summed E-state index contributed by atoms with van der Waals surface area (Å²) in [6.45, 7) is -0.351. The molecule has 9 heteroatoms. The molecule has 0 bridgehead atoms. The van der Waals surface area contributed by atoms with Crippen LogP contribution in [0.4, 0.5) is 5.69 Å². The molecule has 0 aromatic heterocycles. The predicted molar refractivity (Wildman–Crippen MR) is 83.4 cm³/mol. The number of carbonyl (C=O) groups excluding carboxylic acids is 5. The number of nitrogens with one attached hydrogen (secondary N) is 2. The van der Waals surface area contributed by atoms with Gasteiger partial charge in [-0.2, -0.15) is 0 Å². The Hall–Kier alpha value is -3.07. The van der Waals surface area contributed by atoms with Gasteiger partial charge in [-0.05, 0) is 18.6 Å². The largest absolute Gasteiger partial charge is 0.396 e. The van der Waals surface area contributed by atoms with Gasteiger partial charge in [0, 0.05) is 6.42 Å². The Balaban J connectivity index is 1.93. The van der Waals surface area contributed by atoms with Crippen molar-refractivity contribution in [2.45, 2.75) is 25.3 Å². The summed E-state index contributed by atoms with van der Waals surface area (Å²) in [7, 11) is 0. The second kappa shape index (κ2) is 6.44. The number of hydrogen-bond acceptors (Lipinski definition) is 6. The van der Waals surface area contributed by atoms with Crippen LogP contribution in [0.3, 0.4) is 0 Å². The van der Waals surface area contributed by atoms with Crippen molar-refractivity contribution in [3.63, 3.8) is 0 Å². The van der Waals surface area contributed by atoms with Crippen molar-refractivity contribution in [1.29, 1.82) is 0 Å². The van der Waals surface area contributed by atoms with Gasteiger partial charge >= 0.3 is 0 Å². The Morgan fingerprint density at radius 1 is 1.24 bits per heavy atom. The molecule has 25 heavy (non-hydrogen) atoms. The Kier molecular flexibility index (Phi) is 4.32. The summed E-state index contributed by atoms with van der Waals surface area (Å²) in [5.74, 6) is -3.00. The molecule has 3 N–H and O–H groups in total.